The van der Waals surface area contributed by atoms with Crippen molar-refractivity contribution in [2.24, 2.45) is 0 Å². The van der Waals surface area contributed by atoms with Crippen molar-refractivity contribution in [2.45, 2.75) is 6.10 Å². The highest BCUT2D eigenvalue weighted by atomic mass is 35.5. The summed E-state index contributed by atoms with van der Waals surface area (Å²) in [5.41, 5.74) is 0.568. The maximum atomic E-state index is 12.9. The quantitative estimate of drug-likeness (QED) is 0.508. The van der Waals surface area contributed by atoms with Crippen LogP contribution in [0.1, 0.15) is 11.7 Å². The fourth-order valence-corrected chi connectivity index (χ4v) is 1.67. The van der Waals surface area contributed by atoms with Crippen LogP contribution in [-0.4, -0.2) is 6.61 Å². The van der Waals surface area contributed by atoms with Crippen molar-refractivity contribution in [2.75, 3.05) is 6.61 Å². The van der Waals surface area contributed by atoms with Gasteiger partial charge in [0.1, 0.15) is 11.9 Å². The summed E-state index contributed by atoms with van der Waals surface area (Å²) in [6.45, 7) is 0.572. The van der Waals surface area contributed by atoms with E-state index in [1.54, 1.807) is 0 Å². The van der Waals surface area contributed by atoms with Gasteiger partial charge in [-0.2, -0.15) is 0 Å². The molecule has 1 heterocycles. The second-order valence-corrected chi connectivity index (χ2v) is 3.36. The van der Waals surface area contributed by atoms with Gasteiger partial charge >= 0.3 is 0 Å². The lowest BCUT2D eigenvalue weighted by molar-refractivity contribution is 0.415. The molecule has 1 atom stereocenters. The minimum atomic E-state index is -0.452. The second-order valence-electron chi connectivity index (χ2n) is 2.58. The molecule has 0 saturated carbocycles. The Labute approximate surface area is 79.0 Å². The number of ether oxygens (including phenoxy) is 1. The van der Waals surface area contributed by atoms with Crippen LogP contribution in [0, 0.1) is 5.82 Å². The molecule has 0 aliphatic carbocycles. The number of epoxide rings is 1. The first-order valence-electron chi connectivity index (χ1n) is 3.45. The molecular weight excluding hydrogens is 202 g/mol. The van der Waals surface area contributed by atoms with Gasteiger partial charge in [0.15, 0.2) is 0 Å². The van der Waals surface area contributed by atoms with Gasteiger partial charge in [-0.1, -0.05) is 23.2 Å². The van der Waals surface area contributed by atoms with Crippen molar-refractivity contribution in [3.8, 4) is 0 Å². The molecule has 1 nitrogen and oxygen atoms in total. The molecule has 0 aromatic heterocycles. The third kappa shape index (κ3) is 1.30. The minimum Gasteiger partial charge on any atom is -0.368 e. The monoisotopic (exact) mass is 206 g/mol. The lowest BCUT2D eigenvalue weighted by Gasteiger charge is -2.03. The van der Waals surface area contributed by atoms with E-state index < -0.39 is 5.82 Å². The largest absolute Gasteiger partial charge is 0.368 e. The molecule has 0 N–H and O–H groups in total. The Morgan fingerprint density at radius 2 is 2.08 bits per heavy atom. The highest BCUT2D eigenvalue weighted by Crippen LogP contribution is 2.40. The van der Waals surface area contributed by atoms with E-state index in [0.717, 1.165) is 0 Å². The van der Waals surface area contributed by atoms with Crippen LogP contribution < -0.4 is 0 Å². The van der Waals surface area contributed by atoms with Crippen LogP contribution in [0.3, 0.4) is 0 Å². The van der Waals surface area contributed by atoms with Crippen molar-refractivity contribution in [3.63, 3.8) is 0 Å². The first-order valence-corrected chi connectivity index (χ1v) is 4.20. The second kappa shape index (κ2) is 2.87. The molecule has 4 heteroatoms. The van der Waals surface area contributed by atoms with E-state index in [2.05, 4.69) is 0 Å². The third-order valence-corrected chi connectivity index (χ3v) is 2.45. The van der Waals surface area contributed by atoms with E-state index >= 15 is 0 Å². The molecule has 1 aliphatic heterocycles. The van der Waals surface area contributed by atoms with E-state index in [4.69, 9.17) is 27.9 Å². The molecule has 2 rings (SSSR count). The first-order chi connectivity index (χ1) is 5.70. The van der Waals surface area contributed by atoms with Gasteiger partial charge in [0.05, 0.1) is 11.6 Å². The molecule has 0 amide bonds. The van der Waals surface area contributed by atoms with Gasteiger partial charge in [0.2, 0.25) is 0 Å². The lowest BCUT2D eigenvalue weighted by atomic mass is 10.1. The molecule has 1 aromatic rings. The van der Waals surface area contributed by atoms with E-state index in [1.807, 2.05) is 0 Å². The average molecular weight is 207 g/mol. The maximum Gasteiger partial charge on any atom is 0.142 e. The molecule has 64 valence electrons. The highest BCUT2D eigenvalue weighted by Gasteiger charge is 2.30. The van der Waals surface area contributed by atoms with Gasteiger partial charge in [0, 0.05) is 10.6 Å². The maximum absolute atomic E-state index is 12.9. The fraction of sp³-hybridized carbons (Fsp3) is 0.250. The van der Waals surface area contributed by atoms with Crippen molar-refractivity contribution in [3.05, 3.63) is 33.6 Å². The first kappa shape index (κ1) is 8.30. The standard InChI is InChI=1S/C8H5Cl2FO/c9-4-1-2-5(11)8(10)7(4)6-3-12-6/h1-2,6H,3H2/t6-/m0/s1. The summed E-state index contributed by atoms with van der Waals surface area (Å²) in [4.78, 5) is 0. The van der Waals surface area contributed by atoms with E-state index in [0.29, 0.717) is 17.2 Å². The number of benzene rings is 1. The lowest BCUT2D eigenvalue weighted by Crippen LogP contribution is -1.88. The summed E-state index contributed by atoms with van der Waals surface area (Å²) < 4.78 is 17.9. The highest BCUT2D eigenvalue weighted by molar-refractivity contribution is 6.36. The average Bonchev–Trinajstić information content (AvgIpc) is 2.81. The van der Waals surface area contributed by atoms with Crippen molar-refractivity contribution < 1.29 is 9.13 Å². The Morgan fingerprint density at radius 3 is 2.67 bits per heavy atom. The Hall–Kier alpha value is -0.310. The number of halogens is 3. The number of rotatable bonds is 1. The summed E-state index contributed by atoms with van der Waals surface area (Å²) in [5.74, 6) is -0.452. The van der Waals surface area contributed by atoms with Crippen molar-refractivity contribution >= 4 is 23.2 Å². The zero-order chi connectivity index (χ0) is 8.72. The van der Waals surface area contributed by atoms with Crippen LogP contribution >= 0.6 is 23.2 Å². The number of hydrogen-bond acceptors (Lipinski definition) is 1. The molecule has 0 unspecified atom stereocenters. The van der Waals surface area contributed by atoms with Gasteiger partial charge in [0.25, 0.3) is 0 Å². The van der Waals surface area contributed by atoms with Gasteiger partial charge in [-0.25, -0.2) is 4.39 Å². The Balaban J connectivity index is 2.55. The molecule has 0 spiro atoms. The molecule has 1 aromatic carbocycles. The number of hydrogen-bond donors (Lipinski definition) is 0. The van der Waals surface area contributed by atoms with Gasteiger partial charge in [-0.3, -0.25) is 0 Å². The van der Waals surface area contributed by atoms with Gasteiger partial charge < -0.3 is 4.74 Å². The van der Waals surface area contributed by atoms with Crippen LogP contribution in [0.25, 0.3) is 0 Å². The molecular formula is C8H5Cl2FO. The fourth-order valence-electron chi connectivity index (χ4n) is 1.05. The summed E-state index contributed by atoms with van der Waals surface area (Å²) in [7, 11) is 0. The van der Waals surface area contributed by atoms with Crippen LogP contribution in [-0.2, 0) is 4.74 Å². The van der Waals surface area contributed by atoms with Crippen molar-refractivity contribution in [1.29, 1.82) is 0 Å². The van der Waals surface area contributed by atoms with E-state index in [9.17, 15) is 4.39 Å². The summed E-state index contributed by atoms with van der Waals surface area (Å²) in [6.07, 6.45) is -0.110. The SMILES string of the molecule is Fc1ccc(Cl)c([C@@H]2CO2)c1Cl. The summed E-state index contributed by atoms with van der Waals surface area (Å²) >= 11 is 11.5. The molecule has 1 aliphatic rings. The Kier molecular flexibility index (Phi) is 1.99. The third-order valence-electron chi connectivity index (χ3n) is 1.73. The summed E-state index contributed by atoms with van der Waals surface area (Å²) in [5, 5.41) is 0.536. The normalized spacial score (nSPS) is 21.1. The molecule has 12 heavy (non-hydrogen) atoms. The van der Waals surface area contributed by atoms with Crippen LogP contribution in [0.15, 0.2) is 12.1 Å². The Morgan fingerprint density at radius 1 is 1.42 bits per heavy atom. The zero-order valence-corrected chi connectivity index (χ0v) is 7.49. The van der Waals surface area contributed by atoms with Crippen LogP contribution in [0.4, 0.5) is 4.39 Å². The zero-order valence-electron chi connectivity index (χ0n) is 5.98. The Bertz CT molecular complexity index is 323. The van der Waals surface area contributed by atoms with Crippen LogP contribution in [0.2, 0.25) is 10.0 Å². The molecule has 1 saturated heterocycles. The molecule has 0 bridgehead atoms. The minimum absolute atomic E-state index is 0.0741. The van der Waals surface area contributed by atoms with Crippen LogP contribution in [0.5, 0.6) is 0 Å². The molecule has 1 fully saturated rings. The molecule has 0 radical (unpaired) electrons. The van der Waals surface area contributed by atoms with E-state index in [-0.39, 0.29) is 11.1 Å². The summed E-state index contributed by atoms with van der Waals surface area (Å²) in [6, 6.07) is 2.73. The van der Waals surface area contributed by atoms with E-state index in [1.165, 1.54) is 12.1 Å². The topological polar surface area (TPSA) is 12.5 Å². The van der Waals surface area contributed by atoms with Crippen molar-refractivity contribution in [1.82, 2.24) is 0 Å². The predicted octanol–water partition coefficient (Wildman–Crippen LogP) is 3.20. The van der Waals surface area contributed by atoms with Gasteiger partial charge in [-0.15, -0.1) is 0 Å². The predicted molar refractivity (Wildman–Crippen MR) is 45.1 cm³/mol. The van der Waals surface area contributed by atoms with Gasteiger partial charge in [-0.05, 0) is 12.1 Å². The smallest absolute Gasteiger partial charge is 0.142 e.